The molecule has 4 nitrogen and oxygen atoms in total. The molecule has 0 atom stereocenters. The number of amides is 1. The molecule has 2 aromatic heterocycles. The third kappa shape index (κ3) is 3.63. The number of thiophene rings is 1. The Morgan fingerprint density at radius 2 is 2.04 bits per heavy atom. The molecule has 3 rings (SSSR count). The standard InChI is InChI=1S/C17H15ClN2O2S/c1-2-20(11-13-8-9-16(18)23-13)17(21)15-10-14(19-22-15)12-6-4-3-5-7-12/h3-10H,2,11H2,1H3. The summed E-state index contributed by atoms with van der Waals surface area (Å²) < 4.78 is 5.96. The third-order valence-electron chi connectivity index (χ3n) is 3.43. The Morgan fingerprint density at radius 3 is 2.70 bits per heavy atom. The second kappa shape index (κ2) is 6.98. The number of hydrogen-bond acceptors (Lipinski definition) is 4. The van der Waals surface area contributed by atoms with Gasteiger partial charge in [0, 0.05) is 23.1 Å². The minimum atomic E-state index is -0.174. The van der Waals surface area contributed by atoms with Crippen LogP contribution in [0.1, 0.15) is 22.4 Å². The molecule has 0 saturated carbocycles. The zero-order valence-corrected chi connectivity index (χ0v) is 14.1. The van der Waals surface area contributed by atoms with Crippen molar-refractivity contribution >= 4 is 28.8 Å². The molecule has 1 amide bonds. The van der Waals surface area contributed by atoms with Gasteiger partial charge in [-0.25, -0.2) is 0 Å². The maximum Gasteiger partial charge on any atom is 0.292 e. The molecular weight excluding hydrogens is 332 g/mol. The largest absolute Gasteiger partial charge is 0.350 e. The summed E-state index contributed by atoms with van der Waals surface area (Å²) in [6.45, 7) is 3.02. The lowest BCUT2D eigenvalue weighted by Gasteiger charge is -2.18. The average molecular weight is 347 g/mol. The molecule has 0 aliphatic carbocycles. The molecule has 0 saturated heterocycles. The van der Waals surface area contributed by atoms with Crippen molar-refractivity contribution in [1.82, 2.24) is 10.1 Å². The van der Waals surface area contributed by atoms with E-state index in [1.54, 1.807) is 11.0 Å². The predicted octanol–water partition coefficient (Wildman–Crippen LogP) is 4.72. The van der Waals surface area contributed by atoms with Crippen molar-refractivity contribution in [2.75, 3.05) is 6.54 Å². The fourth-order valence-corrected chi connectivity index (χ4v) is 3.33. The van der Waals surface area contributed by atoms with Gasteiger partial charge >= 0.3 is 0 Å². The molecule has 0 N–H and O–H groups in total. The highest BCUT2D eigenvalue weighted by Crippen LogP contribution is 2.24. The van der Waals surface area contributed by atoms with E-state index in [-0.39, 0.29) is 11.7 Å². The van der Waals surface area contributed by atoms with E-state index in [0.29, 0.717) is 18.8 Å². The van der Waals surface area contributed by atoms with E-state index < -0.39 is 0 Å². The van der Waals surface area contributed by atoms with Gasteiger partial charge in [0.05, 0.1) is 10.9 Å². The van der Waals surface area contributed by atoms with E-state index in [4.69, 9.17) is 16.1 Å². The SMILES string of the molecule is CCN(Cc1ccc(Cl)s1)C(=O)c1cc(-c2ccccc2)no1. The molecule has 3 aromatic rings. The number of aromatic nitrogens is 1. The maximum atomic E-state index is 12.6. The molecule has 2 heterocycles. The lowest BCUT2D eigenvalue weighted by molar-refractivity contribution is 0.0712. The van der Waals surface area contributed by atoms with Crippen molar-refractivity contribution < 1.29 is 9.32 Å². The summed E-state index contributed by atoms with van der Waals surface area (Å²) in [5.41, 5.74) is 1.58. The zero-order chi connectivity index (χ0) is 16.2. The van der Waals surface area contributed by atoms with Crippen LogP contribution in [0.25, 0.3) is 11.3 Å². The minimum Gasteiger partial charge on any atom is -0.350 e. The van der Waals surface area contributed by atoms with Crippen LogP contribution in [-0.4, -0.2) is 22.5 Å². The molecule has 0 aliphatic rings. The molecule has 1 aromatic carbocycles. The Hall–Kier alpha value is -2.11. The number of carbonyl (C=O) groups excluding carboxylic acids is 1. The van der Waals surface area contributed by atoms with Gasteiger partial charge in [-0.1, -0.05) is 47.1 Å². The molecule has 118 valence electrons. The van der Waals surface area contributed by atoms with Crippen LogP contribution in [0.15, 0.2) is 53.1 Å². The normalized spacial score (nSPS) is 10.7. The highest BCUT2D eigenvalue weighted by atomic mass is 35.5. The van der Waals surface area contributed by atoms with Gasteiger partial charge < -0.3 is 9.42 Å². The molecule has 23 heavy (non-hydrogen) atoms. The molecule has 0 bridgehead atoms. The number of halogens is 1. The van der Waals surface area contributed by atoms with E-state index in [1.807, 2.05) is 49.4 Å². The molecule has 0 spiro atoms. The molecular formula is C17H15ClN2O2S. The van der Waals surface area contributed by atoms with Gasteiger partial charge in [-0.2, -0.15) is 0 Å². The molecule has 0 unspecified atom stereocenters. The van der Waals surface area contributed by atoms with E-state index in [2.05, 4.69) is 5.16 Å². The monoisotopic (exact) mass is 346 g/mol. The average Bonchev–Trinajstić information content (AvgIpc) is 3.22. The summed E-state index contributed by atoms with van der Waals surface area (Å²) in [6, 6.07) is 15.1. The molecule has 0 fully saturated rings. The van der Waals surface area contributed by atoms with E-state index in [1.165, 1.54) is 11.3 Å². The molecule has 0 radical (unpaired) electrons. The number of nitrogens with zero attached hydrogens (tertiary/aromatic N) is 2. The fourth-order valence-electron chi connectivity index (χ4n) is 2.23. The minimum absolute atomic E-state index is 0.174. The Bertz CT molecular complexity index is 798. The second-order valence-electron chi connectivity index (χ2n) is 4.97. The Morgan fingerprint density at radius 1 is 1.26 bits per heavy atom. The Balaban J connectivity index is 1.77. The van der Waals surface area contributed by atoms with Gasteiger partial charge in [-0.05, 0) is 19.1 Å². The first-order valence-corrected chi connectivity index (χ1v) is 8.42. The first kappa shape index (κ1) is 15.8. The van der Waals surface area contributed by atoms with Crippen LogP contribution in [0.3, 0.4) is 0 Å². The topological polar surface area (TPSA) is 46.3 Å². The van der Waals surface area contributed by atoms with Crippen LogP contribution in [0.5, 0.6) is 0 Å². The van der Waals surface area contributed by atoms with Crippen molar-refractivity contribution in [1.29, 1.82) is 0 Å². The van der Waals surface area contributed by atoms with Crippen molar-refractivity contribution in [3.8, 4) is 11.3 Å². The highest BCUT2D eigenvalue weighted by molar-refractivity contribution is 7.16. The number of hydrogen-bond donors (Lipinski definition) is 0. The Labute approximate surface area is 143 Å². The molecule has 0 aliphatic heterocycles. The second-order valence-corrected chi connectivity index (χ2v) is 6.77. The van der Waals surface area contributed by atoms with Crippen LogP contribution >= 0.6 is 22.9 Å². The van der Waals surface area contributed by atoms with E-state index in [9.17, 15) is 4.79 Å². The van der Waals surface area contributed by atoms with Crippen molar-refractivity contribution in [2.45, 2.75) is 13.5 Å². The summed E-state index contributed by atoms with van der Waals surface area (Å²) in [7, 11) is 0. The fraction of sp³-hybridized carbons (Fsp3) is 0.176. The zero-order valence-electron chi connectivity index (χ0n) is 12.5. The summed E-state index contributed by atoms with van der Waals surface area (Å²) in [5.74, 6) is 0.0695. The van der Waals surface area contributed by atoms with Crippen LogP contribution in [0, 0.1) is 0 Å². The van der Waals surface area contributed by atoms with Crippen molar-refractivity contribution in [2.24, 2.45) is 0 Å². The summed E-state index contributed by atoms with van der Waals surface area (Å²) in [5, 5.41) is 3.99. The van der Waals surface area contributed by atoms with Crippen molar-refractivity contribution in [3.05, 3.63) is 63.5 Å². The van der Waals surface area contributed by atoms with Crippen LogP contribution in [0.4, 0.5) is 0 Å². The van der Waals surface area contributed by atoms with Gasteiger partial charge in [0.1, 0.15) is 5.69 Å². The number of rotatable bonds is 5. The van der Waals surface area contributed by atoms with Crippen LogP contribution < -0.4 is 0 Å². The summed E-state index contributed by atoms with van der Waals surface area (Å²) >= 11 is 7.41. The number of benzene rings is 1. The number of carbonyl (C=O) groups is 1. The van der Waals surface area contributed by atoms with Gasteiger partial charge in [-0.15, -0.1) is 11.3 Å². The van der Waals surface area contributed by atoms with Crippen molar-refractivity contribution in [3.63, 3.8) is 0 Å². The predicted molar refractivity (Wildman–Crippen MR) is 91.7 cm³/mol. The maximum absolute atomic E-state index is 12.6. The van der Waals surface area contributed by atoms with E-state index >= 15 is 0 Å². The summed E-state index contributed by atoms with van der Waals surface area (Å²) in [4.78, 5) is 15.3. The summed E-state index contributed by atoms with van der Waals surface area (Å²) in [6.07, 6.45) is 0. The first-order valence-electron chi connectivity index (χ1n) is 7.23. The highest BCUT2D eigenvalue weighted by Gasteiger charge is 2.20. The van der Waals surface area contributed by atoms with Crippen LogP contribution in [0.2, 0.25) is 4.34 Å². The molecule has 6 heteroatoms. The third-order valence-corrected chi connectivity index (χ3v) is 4.65. The van der Waals surface area contributed by atoms with Crippen LogP contribution in [-0.2, 0) is 6.54 Å². The van der Waals surface area contributed by atoms with Gasteiger partial charge in [0.15, 0.2) is 0 Å². The Kier molecular flexibility index (Phi) is 4.79. The smallest absolute Gasteiger partial charge is 0.292 e. The first-order chi connectivity index (χ1) is 11.2. The lowest BCUT2D eigenvalue weighted by Crippen LogP contribution is -2.29. The lowest BCUT2D eigenvalue weighted by atomic mass is 10.1. The van der Waals surface area contributed by atoms with E-state index in [0.717, 1.165) is 14.8 Å². The van der Waals surface area contributed by atoms with Gasteiger partial charge in [0.2, 0.25) is 5.76 Å². The quantitative estimate of drug-likeness (QED) is 0.671. The van der Waals surface area contributed by atoms with Gasteiger partial charge in [0.25, 0.3) is 5.91 Å². The van der Waals surface area contributed by atoms with Gasteiger partial charge in [-0.3, -0.25) is 4.79 Å².